The Labute approximate surface area is 119 Å². The molecule has 0 radical (unpaired) electrons. The van der Waals surface area contributed by atoms with Crippen molar-refractivity contribution in [1.29, 1.82) is 0 Å². The van der Waals surface area contributed by atoms with E-state index in [1.165, 1.54) is 31.2 Å². The van der Waals surface area contributed by atoms with E-state index in [2.05, 4.69) is 24.1 Å². The van der Waals surface area contributed by atoms with Gasteiger partial charge in [0, 0.05) is 11.9 Å². The standard InChI is InChI=1S/C15H21N3S/c1-11-3-6-15(7-4-11)10-19-14(18-15)17-13-9-16-8-5-12(13)2/h5,8-9,11H,3-4,6-7,10H2,1-2H3,(H,17,18). The predicted molar refractivity (Wildman–Crippen MR) is 82.9 cm³/mol. The van der Waals surface area contributed by atoms with E-state index in [0.717, 1.165) is 22.5 Å². The highest BCUT2D eigenvalue weighted by molar-refractivity contribution is 8.14. The van der Waals surface area contributed by atoms with Gasteiger partial charge in [-0.1, -0.05) is 18.7 Å². The maximum absolute atomic E-state index is 4.99. The molecule has 1 N–H and O–H groups in total. The molecule has 0 amide bonds. The fourth-order valence-corrected chi connectivity index (χ4v) is 4.01. The van der Waals surface area contributed by atoms with Crippen LogP contribution in [0, 0.1) is 12.8 Å². The van der Waals surface area contributed by atoms with Crippen LogP contribution in [0.25, 0.3) is 0 Å². The lowest BCUT2D eigenvalue weighted by Gasteiger charge is -2.32. The Morgan fingerprint density at radius 3 is 2.89 bits per heavy atom. The van der Waals surface area contributed by atoms with Gasteiger partial charge in [0.1, 0.15) is 0 Å². The highest BCUT2D eigenvalue weighted by Crippen LogP contribution is 2.41. The normalized spacial score (nSPS) is 30.4. The molecule has 2 aliphatic rings. The second kappa shape index (κ2) is 5.16. The molecule has 1 spiro atoms. The molecule has 3 nitrogen and oxygen atoms in total. The Kier molecular flexibility index (Phi) is 3.52. The molecule has 1 saturated carbocycles. The SMILES string of the molecule is Cc1ccncc1NC1=NC2(CCC(C)CC2)CS1. The lowest BCUT2D eigenvalue weighted by atomic mass is 9.79. The predicted octanol–water partition coefficient (Wildman–Crippen LogP) is 3.85. The second-order valence-corrected chi connectivity index (χ2v) is 6.89. The molecule has 2 heterocycles. The van der Waals surface area contributed by atoms with E-state index in [9.17, 15) is 0 Å². The van der Waals surface area contributed by atoms with E-state index in [-0.39, 0.29) is 5.54 Å². The van der Waals surface area contributed by atoms with Crippen molar-refractivity contribution in [1.82, 2.24) is 4.98 Å². The maximum Gasteiger partial charge on any atom is 0.161 e. The molecule has 0 unspecified atom stereocenters. The minimum atomic E-state index is 0.218. The average Bonchev–Trinajstić information content (AvgIpc) is 2.80. The largest absolute Gasteiger partial charge is 0.333 e. The van der Waals surface area contributed by atoms with Gasteiger partial charge in [0.2, 0.25) is 0 Å². The maximum atomic E-state index is 4.99. The first-order valence-corrected chi connectivity index (χ1v) is 8.06. The summed E-state index contributed by atoms with van der Waals surface area (Å²) in [5.41, 5.74) is 2.52. The summed E-state index contributed by atoms with van der Waals surface area (Å²) in [7, 11) is 0. The fraction of sp³-hybridized carbons (Fsp3) is 0.600. The van der Waals surface area contributed by atoms with Crippen LogP contribution < -0.4 is 5.32 Å². The second-order valence-electron chi connectivity index (χ2n) is 5.93. The van der Waals surface area contributed by atoms with Crippen molar-refractivity contribution in [2.45, 2.75) is 45.1 Å². The molecule has 3 rings (SSSR count). The molecular formula is C15H21N3S. The first kappa shape index (κ1) is 13.0. The Hall–Kier alpha value is -1.03. The Morgan fingerprint density at radius 1 is 1.37 bits per heavy atom. The first-order valence-electron chi connectivity index (χ1n) is 7.07. The molecule has 1 fully saturated rings. The number of aryl methyl sites for hydroxylation is 1. The molecule has 0 saturated heterocycles. The zero-order chi connectivity index (χ0) is 13.3. The average molecular weight is 275 g/mol. The summed E-state index contributed by atoms with van der Waals surface area (Å²) >= 11 is 1.86. The zero-order valence-electron chi connectivity index (χ0n) is 11.6. The highest BCUT2D eigenvalue weighted by atomic mass is 32.2. The van der Waals surface area contributed by atoms with Gasteiger partial charge in [0.25, 0.3) is 0 Å². The third kappa shape index (κ3) is 2.78. The van der Waals surface area contributed by atoms with Crippen LogP contribution in [-0.2, 0) is 0 Å². The van der Waals surface area contributed by atoms with E-state index in [1.807, 2.05) is 30.2 Å². The van der Waals surface area contributed by atoms with Crippen molar-refractivity contribution < 1.29 is 0 Å². The van der Waals surface area contributed by atoms with E-state index >= 15 is 0 Å². The van der Waals surface area contributed by atoms with Gasteiger partial charge in [-0.05, 0) is 50.2 Å². The van der Waals surface area contributed by atoms with Crippen LogP contribution in [0.5, 0.6) is 0 Å². The zero-order valence-corrected chi connectivity index (χ0v) is 12.5. The van der Waals surface area contributed by atoms with Crippen LogP contribution in [0.3, 0.4) is 0 Å². The minimum Gasteiger partial charge on any atom is -0.333 e. The van der Waals surface area contributed by atoms with Gasteiger partial charge in [0.05, 0.1) is 17.4 Å². The number of anilines is 1. The first-order chi connectivity index (χ1) is 9.17. The van der Waals surface area contributed by atoms with Gasteiger partial charge < -0.3 is 5.32 Å². The van der Waals surface area contributed by atoms with Gasteiger partial charge in [-0.15, -0.1) is 0 Å². The summed E-state index contributed by atoms with van der Waals surface area (Å²) in [5.74, 6) is 2.02. The van der Waals surface area contributed by atoms with Crippen molar-refractivity contribution in [3.63, 3.8) is 0 Å². The molecule has 1 aromatic rings. The number of nitrogens with zero attached hydrogens (tertiary/aromatic N) is 2. The van der Waals surface area contributed by atoms with Crippen LogP contribution in [-0.4, -0.2) is 21.4 Å². The third-order valence-corrected chi connectivity index (χ3v) is 5.45. The van der Waals surface area contributed by atoms with Crippen LogP contribution in [0.4, 0.5) is 5.69 Å². The van der Waals surface area contributed by atoms with E-state index in [1.54, 1.807) is 0 Å². The summed E-state index contributed by atoms with van der Waals surface area (Å²) in [6.07, 6.45) is 8.85. The van der Waals surface area contributed by atoms with E-state index < -0.39 is 0 Å². The van der Waals surface area contributed by atoms with Crippen LogP contribution >= 0.6 is 11.8 Å². The molecule has 0 aromatic carbocycles. The number of hydrogen-bond donors (Lipinski definition) is 1. The Morgan fingerprint density at radius 2 is 2.16 bits per heavy atom. The molecule has 4 heteroatoms. The number of hydrogen-bond acceptors (Lipinski definition) is 4. The van der Waals surface area contributed by atoms with Gasteiger partial charge in [0.15, 0.2) is 5.17 Å². The van der Waals surface area contributed by atoms with Gasteiger partial charge >= 0.3 is 0 Å². The topological polar surface area (TPSA) is 37.3 Å². The number of pyridine rings is 1. The molecule has 1 aliphatic heterocycles. The molecular weight excluding hydrogens is 254 g/mol. The number of thioether (sulfide) groups is 1. The molecule has 1 aromatic heterocycles. The summed E-state index contributed by atoms with van der Waals surface area (Å²) in [6, 6.07) is 2.03. The monoisotopic (exact) mass is 275 g/mol. The molecule has 0 bridgehead atoms. The smallest absolute Gasteiger partial charge is 0.161 e. The molecule has 1 aliphatic carbocycles. The minimum absolute atomic E-state index is 0.218. The lowest BCUT2D eigenvalue weighted by Crippen LogP contribution is -2.32. The quantitative estimate of drug-likeness (QED) is 0.845. The van der Waals surface area contributed by atoms with Crippen molar-refractivity contribution in [3.05, 3.63) is 24.0 Å². The fourth-order valence-electron chi connectivity index (χ4n) is 2.81. The molecule has 102 valence electrons. The number of aliphatic imine (C=N–C) groups is 1. The van der Waals surface area contributed by atoms with Crippen molar-refractivity contribution in [2.24, 2.45) is 10.9 Å². The van der Waals surface area contributed by atoms with E-state index in [4.69, 9.17) is 4.99 Å². The summed E-state index contributed by atoms with van der Waals surface area (Å²) in [4.78, 5) is 9.17. The van der Waals surface area contributed by atoms with Crippen LogP contribution in [0.15, 0.2) is 23.5 Å². The Bertz CT molecular complexity index is 490. The van der Waals surface area contributed by atoms with Gasteiger partial charge in [-0.3, -0.25) is 9.98 Å². The summed E-state index contributed by atoms with van der Waals surface area (Å²) in [5, 5.41) is 4.52. The Balaban J connectivity index is 1.72. The summed E-state index contributed by atoms with van der Waals surface area (Å²) < 4.78 is 0. The highest BCUT2D eigenvalue weighted by Gasteiger charge is 2.38. The summed E-state index contributed by atoms with van der Waals surface area (Å²) in [6.45, 7) is 4.46. The van der Waals surface area contributed by atoms with Crippen molar-refractivity contribution >= 4 is 22.6 Å². The lowest BCUT2D eigenvalue weighted by molar-refractivity contribution is 0.273. The molecule has 0 atom stereocenters. The van der Waals surface area contributed by atoms with Crippen LogP contribution in [0.2, 0.25) is 0 Å². The third-order valence-electron chi connectivity index (χ3n) is 4.30. The number of rotatable bonds is 1. The number of aromatic nitrogens is 1. The van der Waals surface area contributed by atoms with Crippen molar-refractivity contribution in [2.75, 3.05) is 11.1 Å². The van der Waals surface area contributed by atoms with E-state index in [0.29, 0.717) is 0 Å². The molecule has 19 heavy (non-hydrogen) atoms. The number of nitrogens with one attached hydrogen (secondary N) is 1. The number of amidine groups is 1. The van der Waals surface area contributed by atoms with Crippen molar-refractivity contribution in [3.8, 4) is 0 Å². The van der Waals surface area contributed by atoms with Gasteiger partial charge in [-0.25, -0.2) is 0 Å². The van der Waals surface area contributed by atoms with Crippen LogP contribution in [0.1, 0.15) is 38.2 Å². The van der Waals surface area contributed by atoms with Gasteiger partial charge in [-0.2, -0.15) is 0 Å².